The van der Waals surface area contributed by atoms with Crippen LogP contribution in [0.2, 0.25) is 0 Å². The number of rotatable bonds is 4. The lowest BCUT2D eigenvalue weighted by Crippen LogP contribution is -2.27. The Morgan fingerprint density at radius 2 is 1.70 bits per heavy atom. The summed E-state index contributed by atoms with van der Waals surface area (Å²) < 4.78 is 12.7. The number of nitriles is 1. The van der Waals surface area contributed by atoms with Crippen LogP contribution in [0.5, 0.6) is 0 Å². The Bertz CT molecular complexity index is 1140. The summed E-state index contributed by atoms with van der Waals surface area (Å²) in [5, 5.41) is 17.8. The van der Waals surface area contributed by atoms with Crippen molar-refractivity contribution in [3.05, 3.63) is 70.5 Å². The number of pyridine rings is 1. The average Bonchev–Trinajstić information content (AvgIpc) is 3.11. The fourth-order valence-electron chi connectivity index (χ4n) is 2.97. The van der Waals surface area contributed by atoms with Crippen molar-refractivity contribution >= 4 is 17.6 Å². The van der Waals surface area contributed by atoms with Gasteiger partial charge in [0.1, 0.15) is 28.3 Å². The summed E-state index contributed by atoms with van der Waals surface area (Å²) in [5.74, 6) is -1.67. The molecule has 0 amide bonds. The standard InChI is InChI=1S/C19H16N4O4/c1-26-18(24)14-13(10-20)16(21)23-9-8-22(11-12-6-4-3-5-7-12)17(23)15(14)19(25)27-2/h3-9,21H,11H2,1-2H3. The van der Waals surface area contributed by atoms with Gasteiger partial charge >= 0.3 is 11.9 Å². The molecule has 1 N–H and O–H groups in total. The summed E-state index contributed by atoms with van der Waals surface area (Å²) in [7, 11) is 2.33. The second kappa shape index (κ2) is 7.17. The number of methoxy groups -OCH3 is 2. The zero-order valence-electron chi connectivity index (χ0n) is 14.7. The monoisotopic (exact) mass is 364 g/mol. The van der Waals surface area contributed by atoms with E-state index in [2.05, 4.69) is 0 Å². The number of nitrogens with zero attached hydrogens (tertiary/aromatic N) is 3. The van der Waals surface area contributed by atoms with Gasteiger partial charge in [-0.3, -0.25) is 9.81 Å². The van der Waals surface area contributed by atoms with Gasteiger partial charge in [-0.05, 0) is 5.56 Å². The number of imidazole rings is 1. The van der Waals surface area contributed by atoms with Gasteiger partial charge in [-0.2, -0.15) is 5.26 Å². The lowest BCUT2D eigenvalue weighted by atomic mass is 10.0. The second-order valence-corrected chi connectivity index (χ2v) is 5.67. The number of nitrogens with one attached hydrogen (secondary N) is 1. The highest BCUT2D eigenvalue weighted by molar-refractivity contribution is 6.08. The molecule has 0 saturated carbocycles. The molecule has 0 aliphatic rings. The van der Waals surface area contributed by atoms with Crippen molar-refractivity contribution < 1.29 is 19.1 Å². The number of carbonyl (C=O) groups is 2. The lowest BCUT2D eigenvalue weighted by Gasteiger charge is -2.14. The van der Waals surface area contributed by atoms with Crippen molar-refractivity contribution in [2.45, 2.75) is 6.54 Å². The van der Waals surface area contributed by atoms with Gasteiger partial charge < -0.3 is 14.0 Å². The zero-order chi connectivity index (χ0) is 19.6. The topological polar surface area (TPSA) is 110 Å². The van der Waals surface area contributed by atoms with Gasteiger partial charge in [-0.25, -0.2) is 9.59 Å². The number of esters is 2. The van der Waals surface area contributed by atoms with Crippen LogP contribution in [0.15, 0.2) is 42.7 Å². The van der Waals surface area contributed by atoms with E-state index in [-0.39, 0.29) is 27.8 Å². The molecule has 2 heterocycles. The van der Waals surface area contributed by atoms with Gasteiger partial charge in [0.2, 0.25) is 0 Å². The third kappa shape index (κ3) is 2.95. The Labute approximate surface area is 154 Å². The molecule has 3 rings (SSSR count). The van der Waals surface area contributed by atoms with E-state index in [1.54, 1.807) is 17.0 Å². The average molecular weight is 364 g/mol. The number of hydrogen-bond acceptors (Lipinski definition) is 6. The van der Waals surface area contributed by atoms with Crippen LogP contribution in [0.4, 0.5) is 0 Å². The first-order valence-electron chi connectivity index (χ1n) is 7.96. The molecule has 8 nitrogen and oxygen atoms in total. The third-order valence-corrected chi connectivity index (χ3v) is 4.18. The molecule has 136 valence electrons. The zero-order valence-corrected chi connectivity index (χ0v) is 14.7. The minimum absolute atomic E-state index is 0.113. The lowest BCUT2D eigenvalue weighted by molar-refractivity contribution is 0.0555. The summed E-state index contributed by atoms with van der Waals surface area (Å²) >= 11 is 0. The van der Waals surface area contributed by atoms with E-state index in [0.29, 0.717) is 6.54 Å². The van der Waals surface area contributed by atoms with Crippen LogP contribution >= 0.6 is 0 Å². The second-order valence-electron chi connectivity index (χ2n) is 5.67. The van der Waals surface area contributed by atoms with Gasteiger partial charge in [0, 0.05) is 18.9 Å². The van der Waals surface area contributed by atoms with Gasteiger partial charge in [-0.15, -0.1) is 0 Å². The molecule has 0 unspecified atom stereocenters. The van der Waals surface area contributed by atoms with Crippen LogP contribution in [-0.2, 0) is 16.0 Å². The third-order valence-electron chi connectivity index (χ3n) is 4.18. The molecule has 3 aromatic rings. The van der Waals surface area contributed by atoms with Crippen molar-refractivity contribution in [3.8, 4) is 6.07 Å². The molecule has 8 heteroatoms. The van der Waals surface area contributed by atoms with Crippen molar-refractivity contribution in [1.29, 1.82) is 10.7 Å². The van der Waals surface area contributed by atoms with E-state index in [1.807, 2.05) is 36.4 Å². The van der Waals surface area contributed by atoms with Crippen LogP contribution in [0.1, 0.15) is 31.8 Å². The molecule has 1 aromatic carbocycles. The normalized spacial score (nSPS) is 10.4. The maximum Gasteiger partial charge on any atom is 0.342 e. The van der Waals surface area contributed by atoms with E-state index in [9.17, 15) is 14.9 Å². The molecule has 0 aliphatic heterocycles. The predicted octanol–water partition coefficient (Wildman–Crippen LogP) is 1.71. The van der Waals surface area contributed by atoms with E-state index in [0.717, 1.165) is 12.7 Å². The molecule has 0 fully saturated rings. The molecular weight excluding hydrogens is 348 g/mol. The van der Waals surface area contributed by atoms with E-state index < -0.39 is 11.9 Å². The van der Waals surface area contributed by atoms with Crippen molar-refractivity contribution in [2.75, 3.05) is 14.2 Å². The fraction of sp³-hybridized carbons (Fsp3) is 0.158. The molecule has 0 spiro atoms. The number of carbonyl (C=O) groups excluding carboxylic acids is 2. The molecular formula is C19H16N4O4. The highest BCUT2D eigenvalue weighted by atomic mass is 16.5. The Balaban J connectivity index is 2.41. The molecule has 0 radical (unpaired) electrons. The minimum Gasteiger partial charge on any atom is -0.465 e. The first-order chi connectivity index (χ1) is 13.0. The molecule has 0 aliphatic carbocycles. The number of aromatic nitrogens is 2. The molecule has 0 atom stereocenters. The Morgan fingerprint density at radius 3 is 2.30 bits per heavy atom. The van der Waals surface area contributed by atoms with Crippen LogP contribution in [0.3, 0.4) is 0 Å². The summed E-state index contributed by atoms with van der Waals surface area (Å²) in [5.41, 5.74) is 0.379. The smallest absolute Gasteiger partial charge is 0.342 e. The molecule has 0 saturated heterocycles. The highest BCUT2D eigenvalue weighted by Crippen LogP contribution is 2.21. The predicted molar refractivity (Wildman–Crippen MR) is 94.2 cm³/mol. The van der Waals surface area contributed by atoms with E-state index >= 15 is 0 Å². The molecule has 2 aromatic heterocycles. The van der Waals surface area contributed by atoms with Gasteiger partial charge in [0.05, 0.1) is 19.8 Å². The Hall–Kier alpha value is -3.86. The van der Waals surface area contributed by atoms with Crippen molar-refractivity contribution in [1.82, 2.24) is 8.97 Å². The van der Waals surface area contributed by atoms with E-state index in [1.165, 1.54) is 11.5 Å². The maximum atomic E-state index is 12.5. The summed E-state index contributed by atoms with van der Waals surface area (Å²) in [4.78, 5) is 24.9. The van der Waals surface area contributed by atoms with Gasteiger partial charge in [0.25, 0.3) is 0 Å². The van der Waals surface area contributed by atoms with Crippen LogP contribution in [0.25, 0.3) is 5.65 Å². The Kier molecular flexibility index (Phi) is 4.77. The highest BCUT2D eigenvalue weighted by Gasteiger charge is 2.29. The summed E-state index contributed by atoms with van der Waals surface area (Å²) in [6, 6.07) is 11.3. The maximum absolute atomic E-state index is 12.5. The number of fused-ring (bicyclic) bond motifs is 1. The number of hydrogen-bond donors (Lipinski definition) is 1. The quantitative estimate of drug-likeness (QED) is 0.709. The number of ether oxygens (including phenoxy) is 2. The molecule has 27 heavy (non-hydrogen) atoms. The van der Waals surface area contributed by atoms with Crippen LogP contribution < -0.4 is 5.49 Å². The first kappa shape index (κ1) is 17.9. The van der Waals surface area contributed by atoms with Crippen molar-refractivity contribution in [2.24, 2.45) is 0 Å². The van der Waals surface area contributed by atoms with Gasteiger partial charge in [-0.1, -0.05) is 30.3 Å². The van der Waals surface area contributed by atoms with Gasteiger partial charge in [0.15, 0.2) is 0 Å². The first-order valence-corrected chi connectivity index (χ1v) is 7.96. The Morgan fingerprint density at radius 1 is 1.07 bits per heavy atom. The van der Waals surface area contributed by atoms with Crippen LogP contribution in [-0.4, -0.2) is 35.1 Å². The largest absolute Gasteiger partial charge is 0.465 e. The van der Waals surface area contributed by atoms with E-state index in [4.69, 9.17) is 14.9 Å². The summed E-state index contributed by atoms with van der Waals surface area (Å²) in [6.07, 6.45) is 3.24. The summed E-state index contributed by atoms with van der Waals surface area (Å²) in [6.45, 7) is 0.396. The van der Waals surface area contributed by atoms with Crippen LogP contribution in [0, 0.1) is 16.7 Å². The SMILES string of the molecule is COC(=O)c1c(C#N)c(=N)n2ccn(Cc3ccccc3)c2c1C(=O)OC. The number of benzene rings is 1. The van der Waals surface area contributed by atoms with Crippen molar-refractivity contribution in [3.63, 3.8) is 0 Å². The fourth-order valence-corrected chi connectivity index (χ4v) is 2.97. The minimum atomic E-state index is -0.879. The molecule has 0 bridgehead atoms.